The van der Waals surface area contributed by atoms with Crippen molar-refractivity contribution >= 4 is 38.5 Å². The molecule has 1 atom stereocenters. The highest BCUT2D eigenvalue weighted by molar-refractivity contribution is 7.91. The number of para-hydroxylation sites is 1. The molecule has 194 valence electrons. The highest BCUT2D eigenvalue weighted by Crippen LogP contribution is 2.31. The molecular formula is C27H26N6O4S. The Balaban J connectivity index is 1.16. The second-order valence-corrected chi connectivity index (χ2v) is 10.8. The van der Waals surface area contributed by atoms with Crippen LogP contribution < -0.4 is 15.2 Å². The average molecular weight is 531 g/mol. The van der Waals surface area contributed by atoms with E-state index in [2.05, 4.69) is 14.1 Å². The Morgan fingerprint density at radius 3 is 2.89 bits per heavy atom. The molecule has 0 aliphatic carbocycles. The van der Waals surface area contributed by atoms with Crippen LogP contribution >= 0.6 is 0 Å². The number of hydrogen-bond acceptors (Lipinski definition) is 6. The van der Waals surface area contributed by atoms with E-state index >= 15 is 0 Å². The molecule has 0 radical (unpaired) electrons. The number of piperidine rings is 1. The zero-order chi connectivity index (χ0) is 26.3. The summed E-state index contributed by atoms with van der Waals surface area (Å²) < 4.78 is 37.7. The molecule has 0 bridgehead atoms. The van der Waals surface area contributed by atoms with Crippen molar-refractivity contribution in [3.63, 3.8) is 0 Å². The minimum Gasteiger partial charge on any atom is -0.492 e. The first-order valence-corrected chi connectivity index (χ1v) is 13.8. The first-order valence-electron chi connectivity index (χ1n) is 12.3. The molecule has 2 aliphatic heterocycles. The lowest BCUT2D eigenvalue weighted by Crippen LogP contribution is -2.41. The molecule has 38 heavy (non-hydrogen) atoms. The van der Waals surface area contributed by atoms with Crippen LogP contribution in [0.2, 0.25) is 0 Å². The van der Waals surface area contributed by atoms with Crippen molar-refractivity contribution in [1.29, 1.82) is 0 Å². The van der Waals surface area contributed by atoms with E-state index in [1.54, 1.807) is 30.5 Å². The van der Waals surface area contributed by atoms with Gasteiger partial charge in [-0.3, -0.25) is 9.52 Å². The van der Waals surface area contributed by atoms with Gasteiger partial charge < -0.3 is 19.9 Å². The number of carbonyl (C=O) groups excluding carboxylic acids is 1. The molecular weight excluding hydrogens is 504 g/mol. The van der Waals surface area contributed by atoms with E-state index in [9.17, 15) is 13.2 Å². The second-order valence-electron chi connectivity index (χ2n) is 9.45. The zero-order valence-electron chi connectivity index (χ0n) is 20.4. The lowest BCUT2D eigenvalue weighted by Gasteiger charge is -2.33. The van der Waals surface area contributed by atoms with Gasteiger partial charge in [-0.1, -0.05) is 24.3 Å². The van der Waals surface area contributed by atoms with Gasteiger partial charge in [-0.15, -0.1) is 4.40 Å². The van der Waals surface area contributed by atoms with Gasteiger partial charge in [0.2, 0.25) is 0 Å². The van der Waals surface area contributed by atoms with Crippen LogP contribution in [0.3, 0.4) is 0 Å². The largest absolute Gasteiger partial charge is 0.492 e. The molecule has 11 heteroatoms. The number of amides is 1. The van der Waals surface area contributed by atoms with Gasteiger partial charge in [-0.2, -0.15) is 8.42 Å². The van der Waals surface area contributed by atoms with E-state index in [1.807, 2.05) is 52.1 Å². The number of ether oxygens (including phenoxy) is 1. The van der Waals surface area contributed by atoms with Gasteiger partial charge in [0, 0.05) is 37.0 Å². The third kappa shape index (κ3) is 4.56. The Morgan fingerprint density at radius 1 is 1.13 bits per heavy atom. The number of nitrogens with one attached hydrogen (secondary N) is 1. The fourth-order valence-corrected chi connectivity index (χ4v) is 5.92. The average Bonchev–Trinajstić information content (AvgIpc) is 3.35. The first kappa shape index (κ1) is 24.0. The molecule has 2 aromatic carbocycles. The summed E-state index contributed by atoms with van der Waals surface area (Å²) in [4.78, 5) is 19.8. The third-order valence-electron chi connectivity index (χ3n) is 6.86. The highest BCUT2D eigenvalue weighted by atomic mass is 32.2. The highest BCUT2D eigenvalue weighted by Gasteiger charge is 2.28. The Kier molecular flexibility index (Phi) is 5.99. The van der Waals surface area contributed by atoms with E-state index in [1.165, 1.54) is 0 Å². The normalized spacial score (nSPS) is 18.4. The van der Waals surface area contributed by atoms with Gasteiger partial charge in [0.25, 0.3) is 5.91 Å². The Morgan fingerprint density at radius 2 is 2.00 bits per heavy atom. The molecule has 10 nitrogen and oxygen atoms in total. The second kappa shape index (κ2) is 9.49. The number of pyridine rings is 1. The number of amidine groups is 1. The van der Waals surface area contributed by atoms with Crippen molar-refractivity contribution in [2.24, 2.45) is 16.0 Å². The summed E-state index contributed by atoms with van der Waals surface area (Å²) in [6.45, 7) is 1.58. The summed E-state index contributed by atoms with van der Waals surface area (Å²) in [7, 11) is -3.86. The number of carbonyl (C=O) groups is 1. The summed E-state index contributed by atoms with van der Waals surface area (Å²) in [5.74, 6) is 1.10. The number of likely N-dealkylation sites (tertiary alicyclic amines) is 1. The van der Waals surface area contributed by atoms with E-state index in [0.29, 0.717) is 48.1 Å². The zero-order valence-corrected chi connectivity index (χ0v) is 21.3. The maximum atomic E-state index is 13.5. The molecule has 2 aromatic heterocycles. The quantitative estimate of drug-likeness (QED) is 0.407. The van der Waals surface area contributed by atoms with Crippen molar-refractivity contribution in [1.82, 2.24) is 14.5 Å². The molecule has 6 rings (SSSR count). The SMILES string of the molecule is NC1=NS(=O)(=O)Nc2cccc(OC[C@H]3CCCN(C(=O)c4ccnc(-n5ccc6ccccc65)c4)C3)c21. The number of nitrogens with two attached hydrogens (primary N) is 1. The topological polar surface area (TPSA) is 132 Å². The van der Waals surface area contributed by atoms with Gasteiger partial charge in [0.1, 0.15) is 11.6 Å². The third-order valence-corrected chi connectivity index (χ3v) is 7.77. The molecule has 0 unspecified atom stereocenters. The fraction of sp³-hybridized carbons (Fsp3) is 0.222. The molecule has 4 aromatic rings. The van der Waals surface area contributed by atoms with Crippen LogP contribution in [0.25, 0.3) is 16.7 Å². The predicted molar refractivity (Wildman–Crippen MR) is 145 cm³/mol. The van der Waals surface area contributed by atoms with Gasteiger partial charge in [0.15, 0.2) is 5.84 Å². The maximum absolute atomic E-state index is 13.5. The number of benzene rings is 2. The van der Waals surface area contributed by atoms with E-state index in [4.69, 9.17) is 10.5 Å². The van der Waals surface area contributed by atoms with E-state index in [0.717, 1.165) is 23.7 Å². The Hall–Kier alpha value is -4.38. The molecule has 0 spiro atoms. The molecule has 1 amide bonds. The van der Waals surface area contributed by atoms with Crippen LogP contribution in [0.4, 0.5) is 5.69 Å². The van der Waals surface area contributed by atoms with Crippen molar-refractivity contribution < 1.29 is 17.9 Å². The first-order chi connectivity index (χ1) is 18.4. The number of nitrogens with zero attached hydrogens (tertiary/aromatic N) is 4. The molecule has 4 heterocycles. The lowest BCUT2D eigenvalue weighted by atomic mass is 9.98. The number of hydrogen-bond donors (Lipinski definition) is 2. The van der Waals surface area contributed by atoms with Crippen LogP contribution in [0.15, 0.2) is 77.5 Å². The van der Waals surface area contributed by atoms with Gasteiger partial charge in [-0.05, 0) is 54.6 Å². The minimum atomic E-state index is -3.86. The number of aromatic nitrogens is 2. The van der Waals surface area contributed by atoms with Gasteiger partial charge >= 0.3 is 10.2 Å². The number of rotatable bonds is 5. The predicted octanol–water partition coefficient (Wildman–Crippen LogP) is 3.33. The Labute approximate surface area is 219 Å². The fourth-order valence-electron chi connectivity index (χ4n) is 5.08. The summed E-state index contributed by atoms with van der Waals surface area (Å²) in [5.41, 5.74) is 8.30. The molecule has 3 N–H and O–H groups in total. The van der Waals surface area contributed by atoms with Crippen LogP contribution in [-0.2, 0) is 10.2 Å². The number of anilines is 1. The van der Waals surface area contributed by atoms with Gasteiger partial charge in [-0.25, -0.2) is 4.98 Å². The summed E-state index contributed by atoms with van der Waals surface area (Å²) in [6.07, 6.45) is 5.39. The standard InChI is InChI=1S/C27H26N6O4S/c28-26-25-21(30-38(35,36)31-26)7-3-9-23(25)37-17-18-5-4-13-32(16-18)27(34)20-10-12-29-24(15-20)33-14-11-19-6-1-2-8-22(19)33/h1-3,6-12,14-15,18,30H,4-5,13,16-17H2,(H2,28,31)/t18-/m0/s1. The smallest absolute Gasteiger partial charge is 0.344 e. The molecule has 0 saturated carbocycles. The Bertz CT molecular complexity index is 1680. The van der Waals surface area contributed by atoms with Crippen LogP contribution in [0, 0.1) is 5.92 Å². The molecule has 1 fully saturated rings. The van der Waals surface area contributed by atoms with Crippen LogP contribution in [-0.4, -0.2) is 54.3 Å². The minimum absolute atomic E-state index is 0.0438. The van der Waals surface area contributed by atoms with Crippen molar-refractivity contribution in [3.8, 4) is 11.6 Å². The van der Waals surface area contributed by atoms with Crippen LogP contribution in [0.1, 0.15) is 28.8 Å². The van der Waals surface area contributed by atoms with Gasteiger partial charge in [0.05, 0.1) is 23.4 Å². The molecule has 1 saturated heterocycles. The van der Waals surface area contributed by atoms with Crippen LogP contribution in [0.5, 0.6) is 5.75 Å². The van der Waals surface area contributed by atoms with E-state index < -0.39 is 10.2 Å². The van der Waals surface area contributed by atoms with Crippen molar-refractivity contribution in [3.05, 3.63) is 84.2 Å². The monoisotopic (exact) mass is 530 g/mol. The summed E-state index contributed by atoms with van der Waals surface area (Å²) in [5, 5.41) is 1.11. The lowest BCUT2D eigenvalue weighted by molar-refractivity contribution is 0.0633. The summed E-state index contributed by atoms with van der Waals surface area (Å²) in [6, 6.07) is 18.7. The van der Waals surface area contributed by atoms with E-state index in [-0.39, 0.29) is 17.7 Å². The molecule has 2 aliphatic rings. The number of fused-ring (bicyclic) bond motifs is 2. The van der Waals surface area contributed by atoms with Crippen molar-refractivity contribution in [2.45, 2.75) is 12.8 Å². The summed E-state index contributed by atoms with van der Waals surface area (Å²) >= 11 is 0. The van der Waals surface area contributed by atoms with Crippen molar-refractivity contribution in [2.75, 3.05) is 24.4 Å². The maximum Gasteiger partial charge on any atom is 0.344 e.